The van der Waals surface area contributed by atoms with Gasteiger partial charge in [0.05, 0.1) is 6.61 Å². The minimum Gasteiger partial charge on any atom is -0.412 e. The number of hydrogen-bond acceptors (Lipinski definition) is 2. The Hall–Kier alpha value is -0.513. The number of anilines is 1. The van der Waals surface area contributed by atoms with Crippen LogP contribution >= 0.6 is 11.6 Å². The minimum atomic E-state index is -1.75. The van der Waals surface area contributed by atoms with Crippen molar-refractivity contribution < 1.29 is 4.43 Å². The van der Waals surface area contributed by atoms with Crippen LogP contribution < -0.4 is 5.73 Å². The van der Waals surface area contributed by atoms with Crippen molar-refractivity contribution in [3.05, 3.63) is 28.8 Å². The van der Waals surface area contributed by atoms with Crippen LogP contribution in [0.25, 0.3) is 0 Å². The molecule has 0 aliphatic rings. The van der Waals surface area contributed by atoms with Gasteiger partial charge in [-0.25, -0.2) is 0 Å². The molecule has 0 aromatic heterocycles. The second kappa shape index (κ2) is 5.00. The van der Waals surface area contributed by atoms with Gasteiger partial charge < -0.3 is 10.2 Å². The first-order valence-corrected chi connectivity index (χ1v) is 9.10. The van der Waals surface area contributed by atoms with Gasteiger partial charge >= 0.3 is 0 Å². The van der Waals surface area contributed by atoms with E-state index in [1.54, 1.807) is 0 Å². The summed E-state index contributed by atoms with van der Waals surface area (Å²) in [6, 6.07) is 5.56. The average Bonchev–Trinajstić information content (AvgIpc) is 2.15. The lowest BCUT2D eigenvalue weighted by Crippen LogP contribution is -2.40. The fourth-order valence-electron chi connectivity index (χ4n) is 1.20. The third kappa shape index (κ3) is 3.47. The lowest BCUT2D eigenvalue weighted by molar-refractivity contribution is 0.277. The Morgan fingerprint density at radius 1 is 1.29 bits per heavy atom. The fraction of sp³-hybridized carbons (Fsp3) is 0.538. The standard InChI is InChI=1S/C13H22ClNOSi/c1-13(2,3)17(4,5)16-9-10-11(14)7-6-8-12(10)15/h6-8H,9,15H2,1-5H3. The summed E-state index contributed by atoms with van der Waals surface area (Å²) in [6.07, 6.45) is 0. The van der Waals surface area contributed by atoms with Crippen LogP contribution in [0, 0.1) is 0 Å². The number of halogens is 1. The van der Waals surface area contributed by atoms with Gasteiger partial charge in [0.2, 0.25) is 0 Å². The molecule has 0 saturated heterocycles. The first kappa shape index (κ1) is 14.5. The van der Waals surface area contributed by atoms with Gasteiger partial charge in [0.15, 0.2) is 8.32 Å². The van der Waals surface area contributed by atoms with Crippen LogP contribution in [0.2, 0.25) is 23.2 Å². The third-order valence-corrected chi connectivity index (χ3v) is 8.37. The molecule has 0 bridgehead atoms. The number of nitrogen functional groups attached to an aromatic ring is 1. The highest BCUT2D eigenvalue weighted by atomic mass is 35.5. The molecule has 17 heavy (non-hydrogen) atoms. The quantitative estimate of drug-likeness (QED) is 0.651. The zero-order valence-electron chi connectivity index (χ0n) is 11.3. The fourth-order valence-corrected chi connectivity index (χ4v) is 2.37. The Kier molecular flexibility index (Phi) is 4.28. The molecule has 4 heteroatoms. The molecule has 2 nitrogen and oxygen atoms in total. The van der Waals surface area contributed by atoms with Gasteiger partial charge in [-0.3, -0.25) is 0 Å². The normalized spacial score (nSPS) is 12.8. The molecule has 0 radical (unpaired) electrons. The van der Waals surface area contributed by atoms with Gasteiger partial charge in [-0.2, -0.15) is 0 Å². The second-order valence-corrected chi connectivity index (χ2v) is 11.1. The monoisotopic (exact) mass is 271 g/mol. The van der Waals surface area contributed by atoms with E-state index >= 15 is 0 Å². The first-order valence-electron chi connectivity index (χ1n) is 5.82. The molecule has 0 unspecified atom stereocenters. The molecule has 0 heterocycles. The summed E-state index contributed by atoms with van der Waals surface area (Å²) in [5.74, 6) is 0. The van der Waals surface area contributed by atoms with Crippen molar-refractivity contribution in [2.75, 3.05) is 5.73 Å². The molecule has 1 aromatic carbocycles. The minimum absolute atomic E-state index is 0.197. The lowest BCUT2D eigenvalue weighted by atomic mass is 10.2. The highest BCUT2D eigenvalue weighted by Gasteiger charge is 2.37. The van der Waals surface area contributed by atoms with Gasteiger partial charge in [-0.1, -0.05) is 38.4 Å². The van der Waals surface area contributed by atoms with Crippen molar-refractivity contribution in [2.24, 2.45) is 0 Å². The van der Waals surface area contributed by atoms with Gasteiger partial charge in [-0.05, 0) is 30.3 Å². The summed E-state index contributed by atoms with van der Waals surface area (Å²) >= 11 is 6.13. The van der Waals surface area contributed by atoms with E-state index < -0.39 is 8.32 Å². The van der Waals surface area contributed by atoms with Crippen molar-refractivity contribution in [2.45, 2.75) is 45.5 Å². The number of nitrogens with two attached hydrogens (primary N) is 1. The van der Waals surface area contributed by atoms with Crippen LogP contribution in [-0.4, -0.2) is 8.32 Å². The van der Waals surface area contributed by atoms with Crippen molar-refractivity contribution >= 4 is 25.6 Å². The molecule has 1 aromatic rings. The Balaban J connectivity index is 2.81. The van der Waals surface area contributed by atoms with Crippen LogP contribution in [-0.2, 0) is 11.0 Å². The van der Waals surface area contributed by atoms with Crippen molar-refractivity contribution in [3.8, 4) is 0 Å². The summed E-state index contributed by atoms with van der Waals surface area (Å²) in [5, 5.41) is 0.881. The smallest absolute Gasteiger partial charge is 0.192 e. The third-order valence-electron chi connectivity index (χ3n) is 3.54. The summed E-state index contributed by atoms with van der Waals surface area (Å²) < 4.78 is 6.12. The number of rotatable bonds is 3. The molecule has 0 amide bonds. The molecule has 0 aliphatic heterocycles. The summed E-state index contributed by atoms with van der Waals surface area (Å²) in [5.41, 5.74) is 7.52. The summed E-state index contributed by atoms with van der Waals surface area (Å²) in [7, 11) is -1.75. The molecule has 0 atom stereocenters. The molecule has 0 saturated carbocycles. The van der Waals surface area contributed by atoms with Crippen LogP contribution in [0.5, 0.6) is 0 Å². The van der Waals surface area contributed by atoms with Gasteiger partial charge in [-0.15, -0.1) is 0 Å². The Labute approximate surface area is 110 Å². The molecule has 1 rings (SSSR count). The molecule has 0 fully saturated rings. The van der Waals surface area contributed by atoms with Crippen molar-refractivity contribution in [3.63, 3.8) is 0 Å². The number of benzene rings is 1. The van der Waals surface area contributed by atoms with Crippen LogP contribution in [0.15, 0.2) is 18.2 Å². The zero-order valence-corrected chi connectivity index (χ0v) is 13.1. The summed E-state index contributed by atoms with van der Waals surface area (Å²) in [6.45, 7) is 11.6. The molecular formula is C13H22ClNOSi. The highest BCUT2D eigenvalue weighted by molar-refractivity contribution is 6.74. The van der Waals surface area contributed by atoms with E-state index in [1.807, 2.05) is 18.2 Å². The van der Waals surface area contributed by atoms with Crippen molar-refractivity contribution in [1.29, 1.82) is 0 Å². The average molecular weight is 272 g/mol. The number of hydrogen-bond donors (Lipinski definition) is 1. The SMILES string of the molecule is CC(C)(C)[Si](C)(C)OCc1c(N)cccc1Cl. The van der Waals surface area contributed by atoms with Crippen LogP contribution in [0.4, 0.5) is 5.69 Å². The largest absolute Gasteiger partial charge is 0.412 e. The predicted molar refractivity (Wildman–Crippen MR) is 77.9 cm³/mol. The molecule has 96 valence electrons. The van der Waals surface area contributed by atoms with E-state index in [0.717, 1.165) is 5.56 Å². The van der Waals surface area contributed by atoms with Gasteiger partial charge in [0.1, 0.15) is 0 Å². The van der Waals surface area contributed by atoms with E-state index in [4.69, 9.17) is 21.8 Å². The van der Waals surface area contributed by atoms with E-state index in [-0.39, 0.29) is 5.04 Å². The highest BCUT2D eigenvalue weighted by Crippen LogP contribution is 2.37. The zero-order chi connectivity index (χ0) is 13.3. The van der Waals surface area contributed by atoms with Gasteiger partial charge in [0.25, 0.3) is 0 Å². The second-order valence-electron chi connectivity index (χ2n) is 5.86. The Bertz CT molecular complexity index is 379. The maximum Gasteiger partial charge on any atom is 0.192 e. The van der Waals surface area contributed by atoms with E-state index in [9.17, 15) is 0 Å². The lowest BCUT2D eigenvalue weighted by Gasteiger charge is -2.36. The Morgan fingerprint density at radius 3 is 2.35 bits per heavy atom. The molecule has 0 spiro atoms. The Morgan fingerprint density at radius 2 is 1.88 bits per heavy atom. The maximum atomic E-state index is 6.13. The molecular weight excluding hydrogens is 250 g/mol. The van der Waals surface area contributed by atoms with Gasteiger partial charge in [0, 0.05) is 16.3 Å². The maximum absolute atomic E-state index is 6.13. The van der Waals surface area contributed by atoms with E-state index in [2.05, 4.69) is 33.9 Å². The van der Waals surface area contributed by atoms with E-state index in [1.165, 1.54) is 0 Å². The van der Waals surface area contributed by atoms with Crippen LogP contribution in [0.3, 0.4) is 0 Å². The topological polar surface area (TPSA) is 35.2 Å². The van der Waals surface area contributed by atoms with Crippen LogP contribution in [0.1, 0.15) is 26.3 Å². The first-order chi connectivity index (χ1) is 7.65. The predicted octanol–water partition coefficient (Wildman–Crippen LogP) is 4.44. The van der Waals surface area contributed by atoms with Crippen molar-refractivity contribution in [1.82, 2.24) is 0 Å². The molecule has 0 aliphatic carbocycles. The van der Waals surface area contributed by atoms with E-state index in [0.29, 0.717) is 17.3 Å². The molecule has 2 N–H and O–H groups in total. The summed E-state index contributed by atoms with van der Waals surface area (Å²) in [4.78, 5) is 0.